The van der Waals surface area contributed by atoms with Gasteiger partial charge in [0, 0.05) is 5.56 Å². The van der Waals surface area contributed by atoms with Crippen LogP contribution in [-0.4, -0.2) is 21.2 Å². The zero-order chi connectivity index (χ0) is 15.5. The molecule has 0 radical (unpaired) electrons. The number of aryl methyl sites for hydroxylation is 1. The number of hydrogen-bond donors (Lipinski definition) is 3. The zero-order valence-electron chi connectivity index (χ0n) is 12.0. The quantitative estimate of drug-likeness (QED) is 0.648. The molecule has 0 aliphatic carbocycles. The Bertz CT molecular complexity index is 810. The van der Waals surface area contributed by atoms with Crippen LogP contribution in [0.5, 0.6) is 5.75 Å². The number of H-pyrrole nitrogens is 1. The molecule has 110 valence electrons. The third-order valence-electron chi connectivity index (χ3n) is 3.29. The van der Waals surface area contributed by atoms with Gasteiger partial charge in [-0.1, -0.05) is 36.4 Å². The van der Waals surface area contributed by atoms with Gasteiger partial charge in [-0.15, -0.1) is 0 Å². The predicted molar refractivity (Wildman–Crippen MR) is 84.8 cm³/mol. The number of aromatic nitrogens is 2. The first-order chi connectivity index (χ1) is 10.6. The fourth-order valence-electron chi connectivity index (χ4n) is 2.13. The Balaban J connectivity index is 1.80. The van der Waals surface area contributed by atoms with Gasteiger partial charge in [0.15, 0.2) is 0 Å². The Labute approximate surface area is 127 Å². The van der Waals surface area contributed by atoms with Gasteiger partial charge in [-0.05, 0) is 30.7 Å². The molecule has 3 aromatic rings. The molecule has 0 saturated carbocycles. The molecule has 1 aromatic heterocycles. The topological polar surface area (TPSA) is 78.0 Å². The van der Waals surface area contributed by atoms with Gasteiger partial charge in [0.1, 0.15) is 11.4 Å². The van der Waals surface area contributed by atoms with Crippen molar-refractivity contribution in [2.75, 3.05) is 5.32 Å². The number of carbonyl (C=O) groups is 1. The van der Waals surface area contributed by atoms with Gasteiger partial charge in [-0.2, -0.15) is 5.10 Å². The third-order valence-corrected chi connectivity index (χ3v) is 3.29. The maximum Gasteiger partial charge on any atom is 0.273 e. The average molecular weight is 293 g/mol. The minimum Gasteiger partial charge on any atom is -0.506 e. The lowest BCUT2D eigenvalue weighted by Gasteiger charge is -2.06. The molecule has 0 fully saturated rings. The van der Waals surface area contributed by atoms with Crippen molar-refractivity contribution in [1.29, 1.82) is 0 Å². The Morgan fingerprint density at radius 2 is 1.91 bits per heavy atom. The highest BCUT2D eigenvalue weighted by Crippen LogP contribution is 2.24. The minimum atomic E-state index is -0.353. The number of phenols is 1. The molecule has 1 heterocycles. The van der Waals surface area contributed by atoms with Crippen molar-refractivity contribution in [3.05, 3.63) is 65.9 Å². The van der Waals surface area contributed by atoms with E-state index in [1.54, 1.807) is 18.2 Å². The van der Waals surface area contributed by atoms with Gasteiger partial charge < -0.3 is 10.4 Å². The summed E-state index contributed by atoms with van der Waals surface area (Å²) in [4.78, 5) is 12.2. The van der Waals surface area contributed by atoms with E-state index in [9.17, 15) is 9.90 Å². The first kappa shape index (κ1) is 13.9. The number of aromatic hydroxyl groups is 1. The van der Waals surface area contributed by atoms with Crippen molar-refractivity contribution in [3.8, 4) is 17.0 Å². The lowest BCUT2D eigenvalue weighted by molar-refractivity contribution is 0.102. The normalized spacial score (nSPS) is 10.4. The summed E-state index contributed by atoms with van der Waals surface area (Å²) >= 11 is 0. The van der Waals surface area contributed by atoms with E-state index in [2.05, 4.69) is 15.5 Å². The van der Waals surface area contributed by atoms with Crippen LogP contribution in [0.2, 0.25) is 0 Å². The van der Waals surface area contributed by atoms with E-state index in [4.69, 9.17) is 0 Å². The Morgan fingerprint density at radius 1 is 1.14 bits per heavy atom. The second-order valence-corrected chi connectivity index (χ2v) is 5.01. The van der Waals surface area contributed by atoms with Crippen LogP contribution in [0.3, 0.4) is 0 Å². The molecule has 0 spiro atoms. The van der Waals surface area contributed by atoms with E-state index in [0.29, 0.717) is 17.1 Å². The first-order valence-electron chi connectivity index (χ1n) is 6.85. The van der Waals surface area contributed by atoms with Crippen LogP contribution in [0.1, 0.15) is 16.1 Å². The summed E-state index contributed by atoms with van der Waals surface area (Å²) in [5, 5.41) is 19.3. The predicted octanol–water partition coefficient (Wildman–Crippen LogP) is 3.34. The summed E-state index contributed by atoms with van der Waals surface area (Å²) in [5.74, 6) is -0.315. The van der Waals surface area contributed by atoms with Crippen molar-refractivity contribution in [2.24, 2.45) is 0 Å². The highest BCUT2D eigenvalue weighted by atomic mass is 16.3. The second kappa shape index (κ2) is 5.73. The summed E-state index contributed by atoms with van der Waals surface area (Å²) in [6.45, 7) is 1.87. The zero-order valence-corrected chi connectivity index (χ0v) is 12.0. The Morgan fingerprint density at radius 3 is 2.64 bits per heavy atom. The van der Waals surface area contributed by atoms with E-state index in [-0.39, 0.29) is 11.7 Å². The Hall–Kier alpha value is -3.08. The van der Waals surface area contributed by atoms with Crippen LogP contribution in [-0.2, 0) is 0 Å². The van der Waals surface area contributed by atoms with Crippen molar-refractivity contribution in [1.82, 2.24) is 10.2 Å². The number of aromatic amines is 1. The lowest BCUT2D eigenvalue weighted by atomic mass is 10.1. The summed E-state index contributed by atoms with van der Waals surface area (Å²) in [6, 6.07) is 16.3. The minimum absolute atomic E-state index is 0.0381. The number of amides is 1. The van der Waals surface area contributed by atoms with Crippen molar-refractivity contribution >= 4 is 11.6 Å². The van der Waals surface area contributed by atoms with E-state index >= 15 is 0 Å². The molecule has 1 amide bonds. The van der Waals surface area contributed by atoms with Crippen molar-refractivity contribution < 1.29 is 9.90 Å². The number of anilines is 1. The summed E-state index contributed by atoms with van der Waals surface area (Å²) < 4.78 is 0. The number of benzene rings is 2. The number of phenolic OH excluding ortho intramolecular Hbond substituents is 1. The molecule has 0 saturated heterocycles. The van der Waals surface area contributed by atoms with Gasteiger partial charge in [0.05, 0.1) is 11.4 Å². The monoisotopic (exact) mass is 293 g/mol. The highest BCUT2D eigenvalue weighted by Gasteiger charge is 2.12. The first-order valence-corrected chi connectivity index (χ1v) is 6.85. The van der Waals surface area contributed by atoms with E-state index in [1.165, 1.54) is 0 Å². The molecule has 5 heteroatoms. The van der Waals surface area contributed by atoms with Crippen LogP contribution in [0, 0.1) is 6.92 Å². The third kappa shape index (κ3) is 2.83. The van der Waals surface area contributed by atoms with Crippen LogP contribution < -0.4 is 5.32 Å². The molecule has 22 heavy (non-hydrogen) atoms. The number of nitrogens with one attached hydrogen (secondary N) is 2. The van der Waals surface area contributed by atoms with Gasteiger partial charge in [0.2, 0.25) is 0 Å². The molecule has 2 aromatic carbocycles. The Kier molecular flexibility index (Phi) is 3.62. The van der Waals surface area contributed by atoms with Gasteiger partial charge in [0.25, 0.3) is 5.91 Å². The summed E-state index contributed by atoms with van der Waals surface area (Å²) in [6.07, 6.45) is 0. The molecule has 0 bridgehead atoms. The highest BCUT2D eigenvalue weighted by molar-refractivity contribution is 6.04. The maximum absolute atomic E-state index is 12.2. The van der Waals surface area contributed by atoms with Gasteiger partial charge >= 0.3 is 0 Å². The van der Waals surface area contributed by atoms with Crippen LogP contribution in [0.15, 0.2) is 54.6 Å². The number of hydrogen-bond acceptors (Lipinski definition) is 3. The second-order valence-electron chi connectivity index (χ2n) is 5.01. The SMILES string of the molecule is Cc1ccc(NC(=O)c2cc(-c3ccccc3)n[nH]2)c(O)c1. The molecular formula is C17H15N3O2. The number of nitrogens with zero attached hydrogens (tertiary/aromatic N) is 1. The van der Waals surface area contributed by atoms with Gasteiger partial charge in [-0.3, -0.25) is 9.89 Å². The lowest BCUT2D eigenvalue weighted by Crippen LogP contribution is -2.12. The fourth-order valence-corrected chi connectivity index (χ4v) is 2.13. The van der Waals surface area contributed by atoms with Crippen LogP contribution >= 0.6 is 0 Å². The molecule has 3 rings (SSSR count). The van der Waals surface area contributed by atoms with E-state index < -0.39 is 0 Å². The standard InChI is InChI=1S/C17H15N3O2/c1-11-7-8-13(16(21)9-11)18-17(22)15-10-14(19-20-15)12-5-3-2-4-6-12/h2-10,21H,1H3,(H,18,22)(H,19,20). The van der Waals surface area contributed by atoms with Crippen molar-refractivity contribution in [3.63, 3.8) is 0 Å². The van der Waals surface area contributed by atoms with E-state index in [1.807, 2.05) is 43.3 Å². The number of carbonyl (C=O) groups excluding carboxylic acids is 1. The molecule has 0 aliphatic rings. The smallest absolute Gasteiger partial charge is 0.273 e. The molecule has 5 nitrogen and oxygen atoms in total. The van der Waals surface area contributed by atoms with Crippen molar-refractivity contribution in [2.45, 2.75) is 6.92 Å². The fraction of sp³-hybridized carbons (Fsp3) is 0.0588. The van der Waals surface area contributed by atoms with Crippen LogP contribution in [0.25, 0.3) is 11.3 Å². The molecule has 0 aliphatic heterocycles. The van der Waals surface area contributed by atoms with Crippen LogP contribution in [0.4, 0.5) is 5.69 Å². The summed E-state index contributed by atoms with van der Waals surface area (Å²) in [5.41, 5.74) is 3.24. The molecule has 3 N–H and O–H groups in total. The largest absolute Gasteiger partial charge is 0.506 e. The van der Waals surface area contributed by atoms with E-state index in [0.717, 1.165) is 11.1 Å². The average Bonchev–Trinajstić information content (AvgIpc) is 3.01. The molecule has 0 atom stereocenters. The van der Waals surface area contributed by atoms with Gasteiger partial charge in [-0.25, -0.2) is 0 Å². The molecule has 0 unspecified atom stereocenters. The molecular weight excluding hydrogens is 278 g/mol. The summed E-state index contributed by atoms with van der Waals surface area (Å²) in [7, 11) is 0. The maximum atomic E-state index is 12.2. The number of rotatable bonds is 3.